The molecule has 0 bridgehead atoms. The number of carbonyl (C=O) groups is 2. The maximum atomic E-state index is 12.6. The molecular formula is C13H14ClN3O2. The molecule has 5 nitrogen and oxygen atoms in total. The Hall–Kier alpha value is -1.59. The summed E-state index contributed by atoms with van der Waals surface area (Å²) in [5, 5.41) is 6.54. The van der Waals surface area contributed by atoms with Crippen LogP contribution in [-0.2, 0) is 4.79 Å². The van der Waals surface area contributed by atoms with Crippen LogP contribution in [0.15, 0.2) is 24.3 Å². The monoisotopic (exact) mass is 279 g/mol. The highest BCUT2D eigenvalue weighted by Crippen LogP contribution is 2.31. The minimum atomic E-state index is -0.745. The van der Waals surface area contributed by atoms with E-state index in [1.54, 1.807) is 24.3 Å². The summed E-state index contributed by atoms with van der Waals surface area (Å²) in [6.45, 7) is 1.46. The number of hydrogen-bond donors (Lipinski definition) is 2. The van der Waals surface area contributed by atoms with Gasteiger partial charge < -0.3 is 10.6 Å². The summed E-state index contributed by atoms with van der Waals surface area (Å²) in [5.41, 5.74) is -0.226. The van der Waals surface area contributed by atoms with Crippen LogP contribution in [0.25, 0.3) is 0 Å². The van der Waals surface area contributed by atoms with Crippen LogP contribution in [-0.4, -0.2) is 30.6 Å². The van der Waals surface area contributed by atoms with Gasteiger partial charge in [0.05, 0.1) is 5.69 Å². The van der Waals surface area contributed by atoms with E-state index in [9.17, 15) is 9.59 Å². The molecule has 0 aromatic heterocycles. The lowest BCUT2D eigenvalue weighted by Gasteiger charge is -2.31. The number of piperidine rings is 1. The van der Waals surface area contributed by atoms with Crippen LogP contribution in [0.2, 0.25) is 5.02 Å². The van der Waals surface area contributed by atoms with Gasteiger partial charge in [0.1, 0.15) is 5.54 Å². The number of nitrogens with zero attached hydrogens (tertiary/aromatic N) is 1. The zero-order chi connectivity index (χ0) is 13.5. The van der Waals surface area contributed by atoms with Crippen molar-refractivity contribution in [2.24, 2.45) is 0 Å². The molecule has 6 heteroatoms. The second-order valence-electron chi connectivity index (χ2n) is 4.88. The average Bonchev–Trinajstić information content (AvgIpc) is 2.62. The Morgan fingerprint density at radius 1 is 1.21 bits per heavy atom. The molecule has 2 heterocycles. The van der Waals surface area contributed by atoms with Gasteiger partial charge in [-0.3, -0.25) is 4.79 Å². The van der Waals surface area contributed by atoms with Crippen molar-refractivity contribution < 1.29 is 9.59 Å². The van der Waals surface area contributed by atoms with Crippen molar-refractivity contribution in [1.29, 1.82) is 0 Å². The van der Waals surface area contributed by atoms with Crippen molar-refractivity contribution in [3.8, 4) is 0 Å². The highest BCUT2D eigenvalue weighted by molar-refractivity contribution is 6.31. The van der Waals surface area contributed by atoms with E-state index in [4.69, 9.17) is 11.6 Å². The lowest BCUT2D eigenvalue weighted by Crippen LogP contribution is -2.53. The number of benzene rings is 1. The minimum Gasteiger partial charge on any atom is -0.323 e. The molecule has 0 unspecified atom stereocenters. The van der Waals surface area contributed by atoms with Gasteiger partial charge in [-0.2, -0.15) is 0 Å². The first-order chi connectivity index (χ1) is 9.12. The molecule has 1 aromatic carbocycles. The van der Waals surface area contributed by atoms with Gasteiger partial charge in [0.25, 0.3) is 5.91 Å². The van der Waals surface area contributed by atoms with E-state index in [0.29, 0.717) is 23.6 Å². The van der Waals surface area contributed by atoms with E-state index >= 15 is 0 Å². The van der Waals surface area contributed by atoms with E-state index in [0.717, 1.165) is 13.1 Å². The second kappa shape index (κ2) is 4.51. The summed E-state index contributed by atoms with van der Waals surface area (Å²) in [4.78, 5) is 25.9. The standard InChI is InChI=1S/C13H14ClN3O2/c14-9-2-1-3-10(8-9)17-11(18)13(16-12(17)19)4-6-15-7-5-13/h1-3,8,15H,4-7H2,(H,16,19). The molecule has 1 aromatic rings. The topological polar surface area (TPSA) is 61.4 Å². The third-order valence-electron chi connectivity index (χ3n) is 3.69. The summed E-state index contributed by atoms with van der Waals surface area (Å²) in [6.07, 6.45) is 1.24. The SMILES string of the molecule is O=C1NC2(CCNCC2)C(=O)N1c1cccc(Cl)c1. The highest BCUT2D eigenvalue weighted by Gasteiger charge is 2.51. The number of carbonyl (C=O) groups excluding carboxylic acids is 2. The molecule has 3 amide bonds. The lowest BCUT2D eigenvalue weighted by molar-refractivity contribution is -0.122. The van der Waals surface area contributed by atoms with Gasteiger partial charge >= 0.3 is 6.03 Å². The molecular weight excluding hydrogens is 266 g/mol. The molecule has 2 saturated heterocycles. The zero-order valence-corrected chi connectivity index (χ0v) is 11.0. The summed E-state index contributed by atoms with van der Waals surface area (Å²) in [5.74, 6) is -0.179. The number of amides is 3. The van der Waals surface area contributed by atoms with Crippen molar-refractivity contribution in [1.82, 2.24) is 10.6 Å². The predicted molar refractivity (Wildman–Crippen MR) is 72.3 cm³/mol. The van der Waals surface area contributed by atoms with Crippen LogP contribution in [0.3, 0.4) is 0 Å². The van der Waals surface area contributed by atoms with Gasteiger partial charge in [-0.15, -0.1) is 0 Å². The molecule has 2 aliphatic heterocycles. The van der Waals surface area contributed by atoms with Crippen LogP contribution in [0.5, 0.6) is 0 Å². The summed E-state index contributed by atoms with van der Waals surface area (Å²) < 4.78 is 0. The van der Waals surface area contributed by atoms with E-state index < -0.39 is 5.54 Å². The summed E-state index contributed by atoms with van der Waals surface area (Å²) >= 11 is 5.92. The van der Waals surface area contributed by atoms with Crippen LogP contribution < -0.4 is 15.5 Å². The maximum absolute atomic E-state index is 12.6. The van der Waals surface area contributed by atoms with Crippen molar-refractivity contribution in [3.63, 3.8) is 0 Å². The fourth-order valence-electron chi connectivity index (χ4n) is 2.66. The van der Waals surface area contributed by atoms with Gasteiger partial charge in [-0.1, -0.05) is 17.7 Å². The van der Waals surface area contributed by atoms with E-state index in [1.807, 2.05) is 0 Å². The smallest absolute Gasteiger partial charge is 0.323 e. The fraction of sp³-hybridized carbons (Fsp3) is 0.385. The number of halogens is 1. The zero-order valence-electron chi connectivity index (χ0n) is 10.3. The number of rotatable bonds is 1. The molecule has 0 atom stereocenters. The first-order valence-corrected chi connectivity index (χ1v) is 6.63. The molecule has 19 heavy (non-hydrogen) atoms. The highest BCUT2D eigenvalue weighted by atomic mass is 35.5. The van der Waals surface area contributed by atoms with E-state index in [-0.39, 0.29) is 11.9 Å². The Kier molecular flexibility index (Phi) is 2.95. The first-order valence-electron chi connectivity index (χ1n) is 6.25. The number of anilines is 1. The Morgan fingerprint density at radius 2 is 1.95 bits per heavy atom. The largest absolute Gasteiger partial charge is 0.329 e. The molecule has 0 saturated carbocycles. The van der Waals surface area contributed by atoms with Gasteiger partial charge in [0.2, 0.25) is 0 Å². The second-order valence-corrected chi connectivity index (χ2v) is 5.32. The van der Waals surface area contributed by atoms with Crippen molar-refractivity contribution in [3.05, 3.63) is 29.3 Å². The third-order valence-corrected chi connectivity index (χ3v) is 3.92. The van der Waals surface area contributed by atoms with Crippen molar-refractivity contribution in [2.45, 2.75) is 18.4 Å². The quantitative estimate of drug-likeness (QED) is 0.766. The number of nitrogens with one attached hydrogen (secondary N) is 2. The Morgan fingerprint density at radius 3 is 2.63 bits per heavy atom. The first kappa shape index (κ1) is 12.4. The Bertz CT molecular complexity index is 540. The van der Waals surface area contributed by atoms with Gasteiger partial charge in [0.15, 0.2) is 0 Å². The lowest BCUT2D eigenvalue weighted by atomic mass is 9.88. The minimum absolute atomic E-state index is 0.179. The van der Waals surface area contributed by atoms with E-state index in [1.165, 1.54) is 4.90 Å². The molecule has 1 spiro atoms. The number of imide groups is 1. The van der Waals surface area contributed by atoms with Gasteiger partial charge in [-0.25, -0.2) is 9.69 Å². The van der Waals surface area contributed by atoms with Crippen molar-refractivity contribution >= 4 is 29.2 Å². The number of urea groups is 1. The Balaban J connectivity index is 1.95. The van der Waals surface area contributed by atoms with Crippen LogP contribution in [0, 0.1) is 0 Å². The van der Waals surface area contributed by atoms with Crippen molar-refractivity contribution in [2.75, 3.05) is 18.0 Å². The molecule has 3 rings (SSSR count). The summed E-state index contributed by atoms with van der Waals surface area (Å²) in [7, 11) is 0. The molecule has 100 valence electrons. The normalized spacial score (nSPS) is 21.8. The molecule has 0 aliphatic carbocycles. The molecule has 2 N–H and O–H groups in total. The van der Waals surface area contributed by atoms with Crippen LogP contribution in [0.1, 0.15) is 12.8 Å². The predicted octanol–water partition coefficient (Wildman–Crippen LogP) is 1.52. The molecule has 2 fully saturated rings. The summed E-state index contributed by atoms with van der Waals surface area (Å²) in [6, 6.07) is 6.41. The molecule has 0 radical (unpaired) electrons. The van der Waals surface area contributed by atoms with E-state index in [2.05, 4.69) is 10.6 Å². The fourth-order valence-corrected chi connectivity index (χ4v) is 2.85. The van der Waals surface area contributed by atoms with Crippen LogP contribution in [0.4, 0.5) is 10.5 Å². The molecule has 2 aliphatic rings. The third kappa shape index (κ3) is 1.99. The average molecular weight is 280 g/mol. The number of hydrogen-bond acceptors (Lipinski definition) is 3. The van der Waals surface area contributed by atoms with Gasteiger partial charge in [-0.05, 0) is 44.1 Å². The van der Waals surface area contributed by atoms with Crippen LogP contribution >= 0.6 is 11.6 Å². The Labute approximate surface area is 115 Å². The van der Waals surface area contributed by atoms with Gasteiger partial charge in [0, 0.05) is 5.02 Å². The maximum Gasteiger partial charge on any atom is 0.329 e.